The van der Waals surface area contributed by atoms with Crippen molar-refractivity contribution in [2.75, 3.05) is 21.3 Å². The third-order valence-corrected chi connectivity index (χ3v) is 6.50. The summed E-state index contributed by atoms with van der Waals surface area (Å²) in [6.07, 6.45) is 3.07. The molecule has 0 N–H and O–H groups in total. The number of methoxy groups -OCH3 is 3. The van der Waals surface area contributed by atoms with Crippen molar-refractivity contribution in [3.63, 3.8) is 0 Å². The normalized spacial score (nSPS) is 11.8. The molecular formula is C22H20BrN3O4S. The molecule has 0 aliphatic rings. The average Bonchev–Trinajstić information content (AvgIpc) is 3.32. The average molecular weight is 502 g/mol. The molecule has 0 aliphatic heterocycles. The Labute approximate surface area is 191 Å². The van der Waals surface area contributed by atoms with Crippen molar-refractivity contribution in [1.82, 2.24) is 14.6 Å². The van der Waals surface area contributed by atoms with Crippen LogP contribution in [-0.4, -0.2) is 35.9 Å². The molecule has 0 atom stereocenters. The summed E-state index contributed by atoms with van der Waals surface area (Å²) in [4.78, 5) is 17.9. The van der Waals surface area contributed by atoms with E-state index in [4.69, 9.17) is 14.2 Å². The van der Waals surface area contributed by atoms with E-state index in [9.17, 15) is 4.79 Å². The summed E-state index contributed by atoms with van der Waals surface area (Å²) in [6.45, 7) is 0. The van der Waals surface area contributed by atoms with E-state index in [0.29, 0.717) is 28.2 Å². The van der Waals surface area contributed by atoms with Crippen LogP contribution in [0.5, 0.6) is 17.2 Å². The highest BCUT2D eigenvalue weighted by atomic mass is 79.9. The molecule has 0 spiro atoms. The number of halogens is 1. The van der Waals surface area contributed by atoms with Crippen LogP contribution in [0.25, 0.3) is 11.0 Å². The summed E-state index contributed by atoms with van der Waals surface area (Å²) in [5.74, 6) is 2.88. The number of rotatable bonds is 7. The fourth-order valence-corrected chi connectivity index (χ4v) is 4.48. The zero-order chi connectivity index (χ0) is 22.0. The zero-order valence-corrected chi connectivity index (χ0v) is 19.6. The second-order valence-electron chi connectivity index (χ2n) is 6.70. The van der Waals surface area contributed by atoms with Crippen LogP contribution >= 0.6 is 27.3 Å². The van der Waals surface area contributed by atoms with Crippen LogP contribution in [0.2, 0.25) is 0 Å². The van der Waals surface area contributed by atoms with Gasteiger partial charge in [0.2, 0.25) is 4.96 Å². The maximum absolute atomic E-state index is 12.8. The van der Waals surface area contributed by atoms with E-state index in [1.807, 2.05) is 42.5 Å². The first-order chi connectivity index (χ1) is 15.0. The standard InChI is InChI=1S/C22H20BrN3O4S/c1-28-15-5-7-17(23)14(11-15)12-19-21(27)26-22(31-19)24-20(25-26)9-4-13-10-16(29-2)6-8-18(13)30-3/h5-8,10-12H,4,9H2,1-3H3/b19-12-. The molecule has 160 valence electrons. The van der Waals surface area contributed by atoms with Crippen LogP contribution in [0.15, 0.2) is 45.7 Å². The Kier molecular flexibility index (Phi) is 6.24. The van der Waals surface area contributed by atoms with Gasteiger partial charge in [0.05, 0.1) is 25.9 Å². The number of thiazole rings is 1. The van der Waals surface area contributed by atoms with Crippen molar-refractivity contribution in [3.05, 3.63) is 72.7 Å². The maximum atomic E-state index is 12.8. The van der Waals surface area contributed by atoms with Gasteiger partial charge in [-0.2, -0.15) is 4.52 Å². The minimum Gasteiger partial charge on any atom is -0.497 e. The van der Waals surface area contributed by atoms with Gasteiger partial charge in [-0.25, -0.2) is 4.98 Å². The molecule has 0 unspecified atom stereocenters. The first-order valence-corrected chi connectivity index (χ1v) is 11.1. The molecular weight excluding hydrogens is 482 g/mol. The molecule has 0 saturated heterocycles. The van der Waals surface area contributed by atoms with Crippen LogP contribution in [-0.2, 0) is 12.8 Å². The predicted octanol–water partition coefficient (Wildman–Crippen LogP) is 3.27. The van der Waals surface area contributed by atoms with Gasteiger partial charge in [0.1, 0.15) is 17.2 Å². The van der Waals surface area contributed by atoms with Gasteiger partial charge < -0.3 is 14.2 Å². The minimum atomic E-state index is -0.188. The first-order valence-electron chi connectivity index (χ1n) is 9.47. The van der Waals surface area contributed by atoms with E-state index in [-0.39, 0.29) is 5.56 Å². The Bertz CT molecular complexity index is 1350. The molecule has 2 aromatic carbocycles. The maximum Gasteiger partial charge on any atom is 0.291 e. The largest absolute Gasteiger partial charge is 0.497 e. The third kappa shape index (κ3) is 4.42. The molecule has 9 heteroatoms. The predicted molar refractivity (Wildman–Crippen MR) is 124 cm³/mol. The number of hydrogen-bond donors (Lipinski definition) is 0. The fourth-order valence-electron chi connectivity index (χ4n) is 3.20. The Morgan fingerprint density at radius 3 is 2.48 bits per heavy atom. The number of ether oxygens (including phenoxy) is 3. The van der Waals surface area contributed by atoms with Gasteiger partial charge in [0.15, 0.2) is 5.82 Å². The van der Waals surface area contributed by atoms with E-state index in [0.717, 1.165) is 32.8 Å². The molecule has 2 heterocycles. The number of hydrogen-bond acceptors (Lipinski definition) is 7. The summed E-state index contributed by atoms with van der Waals surface area (Å²) in [6, 6.07) is 11.3. The Hall–Kier alpha value is -2.91. The summed E-state index contributed by atoms with van der Waals surface area (Å²) in [5.41, 5.74) is 1.66. The topological polar surface area (TPSA) is 74.9 Å². The first kappa shape index (κ1) is 21.3. The summed E-state index contributed by atoms with van der Waals surface area (Å²) < 4.78 is 18.8. The van der Waals surface area contributed by atoms with E-state index >= 15 is 0 Å². The van der Waals surface area contributed by atoms with Crippen molar-refractivity contribution in [2.45, 2.75) is 12.8 Å². The number of benzene rings is 2. The van der Waals surface area contributed by atoms with Crippen LogP contribution in [0.3, 0.4) is 0 Å². The molecule has 4 rings (SSSR count). The molecule has 0 amide bonds. The van der Waals surface area contributed by atoms with Gasteiger partial charge in [-0.3, -0.25) is 4.79 Å². The van der Waals surface area contributed by atoms with Gasteiger partial charge >= 0.3 is 0 Å². The Morgan fingerprint density at radius 1 is 1.03 bits per heavy atom. The molecule has 7 nitrogen and oxygen atoms in total. The molecule has 0 radical (unpaired) electrons. The van der Waals surface area contributed by atoms with E-state index in [1.54, 1.807) is 21.3 Å². The molecule has 0 aliphatic carbocycles. The van der Waals surface area contributed by atoms with Crippen LogP contribution in [0, 0.1) is 0 Å². The lowest BCUT2D eigenvalue weighted by Gasteiger charge is -2.09. The number of aromatic nitrogens is 3. The number of fused-ring (bicyclic) bond motifs is 1. The van der Waals surface area contributed by atoms with Gasteiger partial charge in [-0.1, -0.05) is 27.3 Å². The summed E-state index contributed by atoms with van der Waals surface area (Å²) in [5, 5.41) is 4.42. The molecule has 31 heavy (non-hydrogen) atoms. The van der Waals surface area contributed by atoms with E-state index in [1.165, 1.54) is 15.9 Å². The highest BCUT2D eigenvalue weighted by Crippen LogP contribution is 2.25. The van der Waals surface area contributed by atoms with E-state index < -0.39 is 0 Å². The SMILES string of the molecule is COc1ccc(Br)c(/C=c2\sc3nc(CCc4cc(OC)ccc4OC)nn3c2=O)c1. The van der Waals surface area contributed by atoms with Gasteiger partial charge in [0.25, 0.3) is 5.56 Å². The van der Waals surface area contributed by atoms with Crippen molar-refractivity contribution < 1.29 is 14.2 Å². The summed E-state index contributed by atoms with van der Waals surface area (Å²) >= 11 is 4.82. The monoisotopic (exact) mass is 501 g/mol. The van der Waals surface area contributed by atoms with Crippen LogP contribution in [0.1, 0.15) is 17.0 Å². The lowest BCUT2D eigenvalue weighted by molar-refractivity contribution is 0.398. The second-order valence-corrected chi connectivity index (χ2v) is 8.57. The fraction of sp³-hybridized carbons (Fsp3) is 0.227. The van der Waals surface area contributed by atoms with Crippen molar-refractivity contribution in [3.8, 4) is 17.2 Å². The Morgan fingerprint density at radius 2 is 1.77 bits per heavy atom. The lowest BCUT2D eigenvalue weighted by Crippen LogP contribution is -2.23. The molecule has 0 fully saturated rings. The van der Waals surface area contributed by atoms with Crippen molar-refractivity contribution in [2.24, 2.45) is 0 Å². The second kappa shape index (κ2) is 9.07. The zero-order valence-electron chi connectivity index (χ0n) is 17.2. The van der Waals surface area contributed by atoms with Gasteiger partial charge in [0, 0.05) is 10.9 Å². The lowest BCUT2D eigenvalue weighted by atomic mass is 10.1. The molecule has 0 bridgehead atoms. The van der Waals surface area contributed by atoms with Gasteiger partial charge in [-0.05, 0) is 60.0 Å². The molecule has 2 aromatic heterocycles. The van der Waals surface area contributed by atoms with Crippen molar-refractivity contribution >= 4 is 38.3 Å². The highest BCUT2D eigenvalue weighted by Gasteiger charge is 2.13. The van der Waals surface area contributed by atoms with Crippen LogP contribution in [0.4, 0.5) is 0 Å². The number of aryl methyl sites for hydroxylation is 2. The smallest absolute Gasteiger partial charge is 0.291 e. The quantitative estimate of drug-likeness (QED) is 0.386. The van der Waals surface area contributed by atoms with E-state index in [2.05, 4.69) is 26.0 Å². The summed E-state index contributed by atoms with van der Waals surface area (Å²) in [7, 11) is 4.88. The molecule has 0 saturated carbocycles. The van der Waals surface area contributed by atoms with Gasteiger partial charge in [-0.15, -0.1) is 5.10 Å². The third-order valence-electron chi connectivity index (χ3n) is 4.82. The molecule has 4 aromatic rings. The number of nitrogens with zero attached hydrogens (tertiary/aromatic N) is 3. The Balaban J connectivity index is 1.61. The highest BCUT2D eigenvalue weighted by molar-refractivity contribution is 9.10. The van der Waals surface area contributed by atoms with Crippen molar-refractivity contribution in [1.29, 1.82) is 0 Å². The minimum absolute atomic E-state index is 0.188. The van der Waals surface area contributed by atoms with Crippen LogP contribution < -0.4 is 24.3 Å².